The van der Waals surface area contributed by atoms with Gasteiger partial charge in [-0.25, -0.2) is 15.0 Å². The van der Waals surface area contributed by atoms with Gasteiger partial charge in [-0.3, -0.25) is 0 Å². The van der Waals surface area contributed by atoms with Gasteiger partial charge in [0.2, 0.25) is 0 Å². The van der Waals surface area contributed by atoms with Crippen molar-refractivity contribution in [2.24, 2.45) is 0 Å². The number of benzene rings is 8. The average Bonchev–Trinajstić information content (AvgIpc) is 3.85. The molecule has 3 aromatic heterocycles. The van der Waals surface area contributed by atoms with Crippen LogP contribution in [0.4, 0.5) is 0 Å². The van der Waals surface area contributed by atoms with E-state index in [0.717, 1.165) is 44.2 Å². The summed E-state index contributed by atoms with van der Waals surface area (Å²) >= 11 is 1.80. The minimum absolute atomic E-state index is 0.646. The van der Waals surface area contributed by atoms with Gasteiger partial charge in [-0.1, -0.05) is 158 Å². The molecule has 56 heavy (non-hydrogen) atoms. The van der Waals surface area contributed by atoms with E-state index in [0.29, 0.717) is 17.5 Å². The fraction of sp³-hybridized carbons (Fsp3) is 0. The van der Waals surface area contributed by atoms with Gasteiger partial charge in [-0.2, -0.15) is 0 Å². The maximum Gasteiger partial charge on any atom is 0.164 e. The predicted octanol–water partition coefficient (Wildman–Crippen LogP) is 14.1. The van der Waals surface area contributed by atoms with E-state index < -0.39 is 0 Å². The number of para-hydroxylation sites is 1. The molecule has 0 radical (unpaired) electrons. The monoisotopic (exact) mass is 733 g/mol. The molecule has 0 spiro atoms. The smallest absolute Gasteiger partial charge is 0.164 e. The van der Waals surface area contributed by atoms with Gasteiger partial charge in [-0.05, 0) is 63.7 Å². The number of thiophene rings is 1. The summed E-state index contributed by atoms with van der Waals surface area (Å²) in [6.45, 7) is 0. The van der Waals surface area contributed by atoms with E-state index in [1.165, 1.54) is 48.0 Å². The molecule has 0 unspecified atom stereocenters. The van der Waals surface area contributed by atoms with Crippen LogP contribution in [0.15, 0.2) is 192 Å². The Morgan fingerprint density at radius 2 is 0.875 bits per heavy atom. The lowest BCUT2D eigenvalue weighted by Gasteiger charge is -2.12. The van der Waals surface area contributed by atoms with E-state index in [1.807, 2.05) is 48.5 Å². The third kappa shape index (κ3) is 5.56. The molecule has 0 atom stereocenters. The summed E-state index contributed by atoms with van der Waals surface area (Å²) in [5, 5.41) is 4.72. The molecule has 0 bridgehead atoms. The Kier molecular flexibility index (Phi) is 7.64. The van der Waals surface area contributed by atoms with E-state index in [4.69, 9.17) is 19.4 Å². The van der Waals surface area contributed by atoms with Crippen LogP contribution in [0.25, 0.3) is 110 Å². The zero-order chi connectivity index (χ0) is 37.0. The van der Waals surface area contributed by atoms with Crippen molar-refractivity contribution in [3.05, 3.63) is 188 Å². The van der Waals surface area contributed by atoms with E-state index in [-0.39, 0.29) is 0 Å². The number of aromatic nitrogens is 3. The molecule has 0 saturated carbocycles. The Hall–Kier alpha value is -7.21. The van der Waals surface area contributed by atoms with E-state index in [1.54, 1.807) is 11.3 Å². The van der Waals surface area contributed by atoms with Gasteiger partial charge in [0.25, 0.3) is 0 Å². The van der Waals surface area contributed by atoms with Gasteiger partial charge in [0.1, 0.15) is 11.2 Å². The lowest BCUT2D eigenvalue weighted by molar-refractivity contribution is 0.669. The Labute approximate surface area is 327 Å². The summed E-state index contributed by atoms with van der Waals surface area (Å²) in [5.41, 5.74) is 11.7. The van der Waals surface area contributed by atoms with Gasteiger partial charge < -0.3 is 4.42 Å². The first-order valence-corrected chi connectivity index (χ1v) is 19.5. The third-order valence-electron chi connectivity index (χ3n) is 10.6. The molecule has 262 valence electrons. The highest BCUT2D eigenvalue weighted by atomic mass is 32.1. The lowest BCUT2D eigenvalue weighted by atomic mass is 9.91. The maximum absolute atomic E-state index is 6.26. The van der Waals surface area contributed by atoms with Gasteiger partial charge >= 0.3 is 0 Å². The number of hydrogen-bond donors (Lipinski definition) is 0. The minimum Gasteiger partial charge on any atom is -0.456 e. The highest BCUT2D eigenvalue weighted by Crippen LogP contribution is 2.43. The summed E-state index contributed by atoms with van der Waals surface area (Å²) in [6.07, 6.45) is 0. The van der Waals surface area contributed by atoms with Gasteiger partial charge in [-0.15, -0.1) is 11.3 Å². The van der Waals surface area contributed by atoms with Crippen molar-refractivity contribution in [3.8, 4) is 67.5 Å². The zero-order valence-electron chi connectivity index (χ0n) is 30.1. The Morgan fingerprint density at radius 1 is 0.321 bits per heavy atom. The van der Waals surface area contributed by atoms with Crippen molar-refractivity contribution >= 4 is 53.4 Å². The Bertz CT molecular complexity index is 3240. The second-order valence-corrected chi connectivity index (χ2v) is 15.0. The van der Waals surface area contributed by atoms with Crippen LogP contribution in [-0.4, -0.2) is 15.0 Å². The second-order valence-electron chi connectivity index (χ2n) is 14.0. The molecular formula is C51H31N3OS. The number of fused-ring (bicyclic) bond motifs is 6. The molecule has 3 heterocycles. The lowest BCUT2D eigenvalue weighted by Crippen LogP contribution is -2.00. The highest BCUT2D eigenvalue weighted by molar-refractivity contribution is 7.25. The molecule has 11 aromatic rings. The first-order valence-electron chi connectivity index (χ1n) is 18.7. The largest absolute Gasteiger partial charge is 0.456 e. The number of nitrogens with zero attached hydrogens (tertiary/aromatic N) is 3. The van der Waals surface area contributed by atoms with Crippen LogP contribution in [0.2, 0.25) is 0 Å². The van der Waals surface area contributed by atoms with Crippen LogP contribution >= 0.6 is 11.3 Å². The van der Waals surface area contributed by atoms with Crippen molar-refractivity contribution in [2.75, 3.05) is 0 Å². The first-order chi connectivity index (χ1) is 27.7. The SMILES string of the molecule is c1ccc(-c2ccc(-c3nc(-c4ccccc4)nc(-c4ccc5c(c4)sc4ccc(-c6ccccc6-c6cccc7oc8ccccc8c67)cc45)n3)cc2)cc1. The fourth-order valence-electron chi connectivity index (χ4n) is 7.85. The van der Waals surface area contributed by atoms with Crippen LogP contribution in [-0.2, 0) is 0 Å². The Morgan fingerprint density at radius 3 is 1.66 bits per heavy atom. The summed E-state index contributed by atoms with van der Waals surface area (Å²) in [4.78, 5) is 15.1. The van der Waals surface area contributed by atoms with Crippen LogP contribution < -0.4 is 0 Å². The minimum atomic E-state index is 0.646. The summed E-state index contributed by atoms with van der Waals surface area (Å²) in [5.74, 6) is 1.94. The normalized spacial score (nSPS) is 11.6. The van der Waals surface area contributed by atoms with Gasteiger partial charge in [0, 0.05) is 47.6 Å². The van der Waals surface area contributed by atoms with E-state index >= 15 is 0 Å². The molecule has 0 aliphatic heterocycles. The summed E-state index contributed by atoms with van der Waals surface area (Å²) < 4.78 is 8.69. The number of hydrogen-bond acceptors (Lipinski definition) is 5. The standard InChI is InChI=1S/C51H31N3OS/c1-3-12-32(13-4-1)33-22-24-35(25-23-33)50-52-49(34-14-5-2-6-15-34)53-51(54-50)37-26-28-40-43-30-36(27-29-46(43)56-47(40)31-37)38-16-7-8-17-39(38)41-19-11-21-45-48(41)42-18-9-10-20-44(42)55-45/h1-31H. The molecule has 5 heteroatoms. The molecule has 11 rings (SSSR count). The number of rotatable bonds is 6. The van der Waals surface area contributed by atoms with E-state index in [2.05, 4.69) is 140 Å². The number of furan rings is 1. The van der Waals surface area contributed by atoms with Crippen LogP contribution in [0.3, 0.4) is 0 Å². The van der Waals surface area contributed by atoms with Crippen molar-refractivity contribution in [1.82, 2.24) is 15.0 Å². The Balaban J connectivity index is 1.00. The topological polar surface area (TPSA) is 51.8 Å². The third-order valence-corrected chi connectivity index (χ3v) is 11.7. The molecule has 0 fully saturated rings. The van der Waals surface area contributed by atoms with Crippen molar-refractivity contribution in [1.29, 1.82) is 0 Å². The van der Waals surface area contributed by atoms with Crippen LogP contribution in [0.1, 0.15) is 0 Å². The molecule has 8 aromatic carbocycles. The molecule has 0 aliphatic carbocycles. The summed E-state index contributed by atoms with van der Waals surface area (Å²) in [6, 6.07) is 65.8. The molecule has 0 N–H and O–H groups in total. The van der Waals surface area contributed by atoms with Crippen molar-refractivity contribution in [2.45, 2.75) is 0 Å². The highest BCUT2D eigenvalue weighted by Gasteiger charge is 2.18. The average molecular weight is 734 g/mol. The maximum atomic E-state index is 6.26. The molecule has 4 nitrogen and oxygen atoms in total. The van der Waals surface area contributed by atoms with Gasteiger partial charge in [0.05, 0.1) is 0 Å². The van der Waals surface area contributed by atoms with E-state index in [9.17, 15) is 0 Å². The molecule has 0 amide bonds. The molecule has 0 saturated heterocycles. The van der Waals surface area contributed by atoms with Crippen LogP contribution in [0.5, 0.6) is 0 Å². The molecule has 0 aliphatic rings. The summed E-state index contributed by atoms with van der Waals surface area (Å²) in [7, 11) is 0. The van der Waals surface area contributed by atoms with Gasteiger partial charge in [0.15, 0.2) is 17.5 Å². The fourth-order valence-corrected chi connectivity index (χ4v) is 8.97. The van der Waals surface area contributed by atoms with Crippen molar-refractivity contribution < 1.29 is 4.42 Å². The zero-order valence-corrected chi connectivity index (χ0v) is 30.9. The van der Waals surface area contributed by atoms with Crippen LogP contribution in [0, 0.1) is 0 Å². The predicted molar refractivity (Wildman–Crippen MR) is 233 cm³/mol. The quantitative estimate of drug-likeness (QED) is 0.171. The first kappa shape index (κ1) is 32.2. The molecular weight excluding hydrogens is 703 g/mol. The van der Waals surface area contributed by atoms with Crippen molar-refractivity contribution in [3.63, 3.8) is 0 Å². The second kappa shape index (κ2) is 13.3.